The van der Waals surface area contributed by atoms with Crippen LogP contribution in [0.4, 0.5) is 5.69 Å². The minimum absolute atomic E-state index is 0.171. The summed E-state index contributed by atoms with van der Waals surface area (Å²) in [5.41, 5.74) is 1.83. The number of nitrogens with zero attached hydrogens (tertiary/aromatic N) is 2. The Bertz CT molecular complexity index is 1020. The van der Waals surface area contributed by atoms with Crippen LogP contribution in [-0.2, 0) is 20.7 Å². The molecular weight excluding hydrogens is 500 g/mol. The topological polar surface area (TPSA) is 79.3 Å². The minimum atomic E-state index is -0.446. The number of hydrogen-bond acceptors (Lipinski definition) is 7. The molecular formula is C30H42N2O5S. The average molecular weight is 543 g/mol. The van der Waals surface area contributed by atoms with Gasteiger partial charge in [-0.2, -0.15) is 0 Å². The average Bonchev–Trinajstić information content (AvgIpc) is 3.56. The van der Waals surface area contributed by atoms with Crippen LogP contribution in [0.3, 0.4) is 0 Å². The predicted molar refractivity (Wildman–Crippen MR) is 151 cm³/mol. The highest BCUT2D eigenvalue weighted by atomic mass is 32.1. The van der Waals surface area contributed by atoms with E-state index in [2.05, 4.69) is 11.8 Å². The van der Waals surface area contributed by atoms with Gasteiger partial charge in [-0.05, 0) is 61.9 Å². The van der Waals surface area contributed by atoms with E-state index in [1.165, 1.54) is 16.2 Å². The summed E-state index contributed by atoms with van der Waals surface area (Å²) in [6.45, 7) is 6.56. The van der Waals surface area contributed by atoms with Gasteiger partial charge in [0.25, 0.3) is 0 Å². The molecule has 1 aromatic carbocycles. The zero-order valence-corrected chi connectivity index (χ0v) is 23.4. The molecule has 1 amide bonds. The first-order chi connectivity index (χ1) is 18.5. The molecule has 8 heteroatoms. The van der Waals surface area contributed by atoms with Gasteiger partial charge in [0.2, 0.25) is 5.91 Å². The van der Waals surface area contributed by atoms with Crippen LogP contribution in [0.2, 0.25) is 0 Å². The van der Waals surface area contributed by atoms with E-state index in [1.807, 2.05) is 41.3 Å². The highest BCUT2D eigenvalue weighted by molar-refractivity contribution is 7.13. The molecule has 2 aliphatic rings. The number of anilines is 1. The van der Waals surface area contributed by atoms with E-state index in [0.717, 1.165) is 95.5 Å². The third-order valence-electron chi connectivity index (χ3n) is 7.53. The second kappa shape index (κ2) is 14.8. The van der Waals surface area contributed by atoms with Crippen molar-refractivity contribution in [1.29, 1.82) is 0 Å². The maximum atomic E-state index is 12.7. The molecule has 38 heavy (non-hydrogen) atoms. The van der Waals surface area contributed by atoms with Gasteiger partial charge < -0.3 is 19.5 Å². The minimum Gasteiger partial charge on any atom is -0.460 e. The van der Waals surface area contributed by atoms with Gasteiger partial charge in [-0.3, -0.25) is 9.69 Å². The van der Waals surface area contributed by atoms with Crippen molar-refractivity contribution in [3.8, 4) is 0 Å². The van der Waals surface area contributed by atoms with Gasteiger partial charge in [-0.25, -0.2) is 4.79 Å². The fourth-order valence-corrected chi connectivity index (χ4v) is 6.22. The van der Waals surface area contributed by atoms with Crippen molar-refractivity contribution >= 4 is 28.9 Å². The summed E-state index contributed by atoms with van der Waals surface area (Å²) in [4.78, 5) is 31.1. The first-order valence-corrected chi connectivity index (χ1v) is 15.0. The zero-order chi connectivity index (χ0) is 26.7. The van der Waals surface area contributed by atoms with Crippen LogP contribution in [0.15, 0.2) is 36.4 Å². The molecule has 0 radical (unpaired) electrons. The number of aliphatic hydroxyl groups excluding tert-OH is 1. The molecule has 2 aliphatic heterocycles. The quantitative estimate of drug-likeness (QED) is 0.255. The Morgan fingerprint density at radius 3 is 2.68 bits per heavy atom. The van der Waals surface area contributed by atoms with E-state index in [-0.39, 0.29) is 17.9 Å². The number of rotatable bonds is 14. The number of morpholine rings is 1. The highest BCUT2D eigenvalue weighted by Crippen LogP contribution is 2.31. The molecule has 0 aliphatic carbocycles. The Morgan fingerprint density at radius 2 is 1.92 bits per heavy atom. The van der Waals surface area contributed by atoms with Crippen LogP contribution in [0.25, 0.3) is 0 Å². The summed E-state index contributed by atoms with van der Waals surface area (Å²) >= 11 is 1.51. The number of esters is 1. The van der Waals surface area contributed by atoms with Crippen molar-refractivity contribution in [2.45, 2.75) is 76.9 Å². The fourth-order valence-electron chi connectivity index (χ4n) is 5.28. The molecule has 4 rings (SSSR count). The number of thiophene rings is 1. The van der Waals surface area contributed by atoms with Crippen LogP contribution >= 0.6 is 11.3 Å². The second-order valence-electron chi connectivity index (χ2n) is 10.3. The number of amides is 1. The lowest BCUT2D eigenvalue weighted by Crippen LogP contribution is -2.38. The molecule has 208 valence electrons. The van der Waals surface area contributed by atoms with Crippen molar-refractivity contribution in [2.24, 2.45) is 0 Å². The number of unbranched alkanes of at least 4 members (excludes halogenated alkanes) is 2. The first kappa shape index (κ1) is 28.7. The molecule has 0 saturated carbocycles. The molecule has 1 unspecified atom stereocenters. The van der Waals surface area contributed by atoms with Crippen molar-refractivity contribution < 1.29 is 24.2 Å². The van der Waals surface area contributed by atoms with Crippen LogP contribution in [-0.4, -0.2) is 67.4 Å². The zero-order valence-electron chi connectivity index (χ0n) is 22.6. The number of benzene rings is 1. The smallest absolute Gasteiger partial charge is 0.348 e. The number of aliphatic hydroxyl groups is 1. The monoisotopic (exact) mass is 542 g/mol. The van der Waals surface area contributed by atoms with Gasteiger partial charge in [0.05, 0.1) is 19.3 Å². The van der Waals surface area contributed by atoms with Gasteiger partial charge in [0.1, 0.15) is 11.5 Å². The fraction of sp³-hybridized carbons (Fsp3) is 0.600. The molecule has 2 saturated heterocycles. The lowest BCUT2D eigenvalue weighted by atomic mass is 10.0. The van der Waals surface area contributed by atoms with Crippen LogP contribution in [0.1, 0.15) is 84.5 Å². The summed E-state index contributed by atoms with van der Waals surface area (Å²) in [5.74, 6) is -0.0783. The summed E-state index contributed by atoms with van der Waals surface area (Å²) < 4.78 is 10.8. The maximum absolute atomic E-state index is 12.7. The lowest BCUT2D eigenvalue weighted by Gasteiger charge is -2.26. The molecule has 2 atom stereocenters. The van der Waals surface area contributed by atoms with Crippen LogP contribution < -0.4 is 4.90 Å². The standard InChI is InChI=1S/C30H42N2O5S/c1-2-3-4-8-27(33)23-9-11-25(12-10-23)32-24(13-16-29(32)34)6-5-7-26-14-15-28(38-26)30(35)37-22-19-31-17-20-36-21-18-31/h9-12,14-15,24,27,33H,2-8,13,16-22H2,1H3/t24-,27?/m0/s1. The molecule has 3 heterocycles. The summed E-state index contributed by atoms with van der Waals surface area (Å²) in [6.07, 6.45) is 7.82. The third kappa shape index (κ3) is 8.12. The Balaban J connectivity index is 1.22. The van der Waals surface area contributed by atoms with Crippen LogP contribution in [0.5, 0.6) is 0 Å². The van der Waals surface area contributed by atoms with Gasteiger partial charge in [0, 0.05) is 42.7 Å². The molecule has 1 aromatic heterocycles. The summed E-state index contributed by atoms with van der Waals surface area (Å²) in [5, 5.41) is 10.4. The predicted octanol–water partition coefficient (Wildman–Crippen LogP) is 5.37. The molecule has 1 N–H and O–H groups in total. The molecule has 2 aromatic rings. The van der Waals surface area contributed by atoms with Gasteiger partial charge in [-0.1, -0.05) is 38.3 Å². The maximum Gasteiger partial charge on any atom is 0.348 e. The largest absolute Gasteiger partial charge is 0.460 e. The van der Waals surface area contributed by atoms with E-state index in [0.29, 0.717) is 17.9 Å². The van der Waals surface area contributed by atoms with Gasteiger partial charge in [0.15, 0.2) is 0 Å². The molecule has 0 bridgehead atoms. The number of hydrogen-bond donors (Lipinski definition) is 1. The van der Waals surface area contributed by atoms with Crippen LogP contribution in [0, 0.1) is 0 Å². The SMILES string of the molecule is CCCCCC(O)c1ccc(N2C(=O)CC[C@@H]2CCCc2ccc(C(=O)OCCN3CCOCC3)s2)cc1. The Morgan fingerprint density at radius 1 is 1.13 bits per heavy atom. The van der Waals surface area contributed by atoms with Crippen molar-refractivity contribution in [3.63, 3.8) is 0 Å². The van der Waals surface area contributed by atoms with Gasteiger partial charge in [-0.15, -0.1) is 11.3 Å². The third-order valence-corrected chi connectivity index (χ3v) is 8.66. The molecule has 0 spiro atoms. The molecule has 2 fully saturated rings. The van der Waals surface area contributed by atoms with E-state index >= 15 is 0 Å². The summed E-state index contributed by atoms with van der Waals surface area (Å²) in [7, 11) is 0. The van der Waals surface area contributed by atoms with E-state index in [1.54, 1.807) is 0 Å². The Hall–Kier alpha value is -2.26. The van der Waals surface area contributed by atoms with Gasteiger partial charge >= 0.3 is 5.97 Å². The van der Waals surface area contributed by atoms with E-state index < -0.39 is 6.10 Å². The van der Waals surface area contributed by atoms with E-state index in [9.17, 15) is 14.7 Å². The Labute approximate surface area is 230 Å². The summed E-state index contributed by atoms with van der Waals surface area (Å²) in [6, 6.07) is 11.9. The number of carbonyl (C=O) groups excluding carboxylic acids is 2. The highest BCUT2D eigenvalue weighted by Gasteiger charge is 2.31. The van der Waals surface area contributed by atoms with Crippen molar-refractivity contribution in [2.75, 3.05) is 44.4 Å². The normalized spacial score (nSPS) is 19.2. The lowest BCUT2D eigenvalue weighted by molar-refractivity contribution is -0.117. The number of ether oxygens (including phenoxy) is 2. The number of aryl methyl sites for hydroxylation is 1. The molecule has 7 nitrogen and oxygen atoms in total. The van der Waals surface area contributed by atoms with Crippen molar-refractivity contribution in [3.05, 3.63) is 51.7 Å². The number of carbonyl (C=O) groups is 2. The first-order valence-electron chi connectivity index (χ1n) is 14.2. The van der Waals surface area contributed by atoms with Crippen molar-refractivity contribution in [1.82, 2.24) is 4.90 Å². The Kier molecular flexibility index (Phi) is 11.2. The van der Waals surface area contributed by atoms with E-state index in [4.69, 9.17) is 9.47 Å². The second-order valence-corrected chi connectivity index (χ2v) is 11.5.